The van der Waals surface area contributed by atoms with Gasteiger partial charge in [-0.25, -0.2) is 0 Å². The van der Waals surface area contributed by atoms with Crippen molar-refractivity contribution < 1.29 is 8.95 Å². The third kappa shape index (κ3) is 4.81. The highest BCUT2D eigenvalue weighted by atomic mass is 32.2. The molecule has 112 valence electrons. The fraction of sp³-hybridized carbons (Fsp3) is 1.00. The molecule has 0 unspecified atom stereocenters. The van der Waals surface area contributed by atoms with Gasteiger partial charge < -0.3 is 15.0 Å². The molecule has 0 aromatic carbocycles. The summed E-state index contributed by atoms with van der Waals surface area (Å²) in [4.78, 5) is 2.51. The Morgan fingerprint density at radius 2 is 1.95 bits per heavy atom. The number of ether oxygens (including phenoxy) is 1. The number of nitrogens with one attached hydrogen (secondary N) is 1. The lowest BCUT2D eigenvalue weighted by Gasteiger charge is -2.42. The van der Waals surface area contributed by atoms with E-state index in [0.717, 1.165) is 70.3 Å². The van der Waals surface area contributed by atoms with Crippen molar-refractivity contribution in [2.24, 2.45) is 5.41 Å². The summed E-state index contributed by atoms with van der Waals surface area (Å²) in [5.74, 6) is 1.71. The summed E-state index contributed by atoms with van der Waals surface area (Å²) in [6.45, 7) is 9.36. The Balaban J connectivity index is 1.87. The molecule has 2 rings (SSSR count). The van der Waals surface area contributed by atoms with Crippen molar-refractivity contribution in [1.29, 1.82) is 0 Å². The molecule has 1 N–H and O–H groups in total. The Kier molecular flexibility index (Phi) is 6.26. The van der Waals surface area contributed by atoms with E-state index in [1.165, 1.54) is 6.42 Å². The van der Waals surface area contributed by atoms with Crippen LogP contribution in [0, 0.1) is 5.41 Å². The van der Waals surface area contributed by atoms with Crippen molar-refractivity contribution >= 4 is 10.8 Å². The highest BCUT2D eigenvalue weighted by molar-refractivity contribution is 7.85. The van der Waals surface area contributed by atoms with E-state index in [0.29, 0.717) is 5.41 Å². The smallest absolute Gasteiger partial charge is 0.0472 e. The van der Waals surface area contributed by atoms with Gasteiger partial charge in [0.2, 0.25) is 0 Å². The third-order valence-corrected chi connectivity index (χ3v) is 5.59. The minimum Gasteiger partial charge on any atom is -0.381 e. The minimum absolute atomic E-state index is 0.367. The molecule has 2 fully saturated rings. The fourth-order valence-electron chi connectivity index (χ4n) is 3.03. The molecular weight excluding hydrogens is 260 g/mol. The average molecular weight is 288 g/mol. The van der Waals surface area contributed by atoms with Crippen LogP contribution in [0.3, 0.4) is 0 Å². The van der Waals surface area contributed by atoms with Crippen LogP contribution in [0.2, 0.25) is 0 Å². The SMILES string of the molecule is CCCNCC1(CN2CCS(=O)CC2)CCOCC1. The van der Waals surface area contributed by atoms with Gasteiger partial charge in [-0.05, 0) is 31.2 Å². The maximum atomic E-state index is 11.4. The summed E-state index contributed by atoms with van der Waals surface area (Å²) < 4.78 is 17.0. The summed E-state index contributed by atoms with van der Waals surface area (Å²) in [5.41, 5.74) is 0.367. The Labute approximate surface area is 119 Å². The lowest BCUT2D eigenvalue weighted by atomic mass is 9.79. The van der Waals surface area contributed by atoms with Crippen molar-refractivity contribution in [2.45, 2.75) is 26.2 Å². The Hall–Kier alpha value is 0.0300. The van der Waals surface area contributed by atoms with Crippen LogP contribution in [0.5, 0.6) is 0 Å². The zero-order chi connectivity index (χ0) is 13.6. The van der Waals surface area contributed by atoms with Gasteiger partial charge in [-0.1, -0.05) is 6.92 Å². The summed E-state index contributed by atoms with van der Waals surface area (Å²) in [6.07, 6.45) is 3.50. The van der Waals surface area contributed by atoms with Crippen LogP contribution in [0.15, 0.2) is 0 Å². The van der Waals surface area contributed by atoms with E-state index in [4.69, 9.17) is 4.74 Å². The van der Waals surface area contributed by atoms with Crippen molar-refractivity contribution in [3.63, 3.8) is 0 Å². The van der Waals surface area contributed by atoms with E-state index in [1.807, 2.05) is 0 Å². The maximum Gasteiger partial charge on any atom is 0.0472 e. The summed E-state index contributed by atoms with van der Waals surface area (Å²) in [6, 6.07) is 0. The highest BCUT2D eigenvalue weighted by Crippen LogP contribution is 2.31. The monoisotopic (exact) mass is 288 g/mol. The van der Waals surface area contributed by atoms with Crippen LogP contribution < -0.4 is 5.32 Å². The van der Waals surface area contributed by atoms with E-state index in [1.54, 1.807) is 0 Å². The molecule has 0 radical (unpaired) electrons. The number of hydrogen-bond acceptors (Lipinski definition) is 4. The highest BCUT2D eigenvalue weighted by Gasteiger charge is 2.34. The van der Waals surface area contributed by atoms with Crippen molar-refractivity contribution in [1.82, 2.24) is 10.2 Å². The Morgan fingerprint density at radius 3 is 2.58 bits per heavy atom. The van der Waals surface area contributed by atoms with Gasteiger partial charge in [0.25, 0.3) is 0 Å². The molecule has 0 saturated carbocycles. The fourth-order valence-corrected chi connectivity index (χ4v) is 4.16. The number of hydrogen-bond donors (Lipinski definition) is 1. The topological polar surface area (TPSA) is 41.6 Å². The second-order valence-electron chi connectivity index (χ2n) is 5.91. The molecule has 19 heavy (non-hydrogen) atoms. The molecule has 2 saturated heterocycles. The van der Waals surface area contributed by atoms with Crippen LogP contribution in [0.1, 0.15) is 26.2 Å². The quantitative estimate of drug-likeness (QED) is 0.736. The van der Waals surface area contributed by atoms with Gasteiger partial charge in [-0.2, -0.15) is 0 Å². The predicted octanol–water partition coefficient (Wildman–Crippen LogP) is 0.847. The van der Waals surface area contributed by atoms with Crippen molar-refractivity contribution in [3.8, 4) is 0 Å². The predicted molar refractivity (Wildman–Crippen MR) is 80.0 cm³/mol. The Bertz CT molecular complexity index is 283. The van der Waals surface area contributed by atoms with Gasteiger partial charge in [0, 0.05) is 61.7 Å². The lowest BCUT2D eigenvalue weighted by Crippen LogP contribution is -2.50. The largest absolute Gasteiger partial charge is 0.381 e. The first-order chi connectivity index (χ1) is 9.24. The first-order valence-electron chi connectivity index (χ1n) is 7.60. The third-order valence-electron chi connectivity index (χ3n) is 4.31. The van der Waals surface area contributed by atoms with Gasteiger partial charge >= 0.3 is 0 Å². The first-order valence-corrected chi connectivity index (χ1v) is 9.09. The summed E-state index contributed by atoms with van der Waals surface area (Å²) in [5, 5.41) is 3.60. The van der Waals surface area contributed by atoms with Crippen LogP contribution >= 0.6 is 0 Å². The van der Waals surface area contributed by atoms with E-state index < -0.39 is 10.8 Å². The van der Waals surface area contributed by atoms with Crippen LogP contribution in [-0.2, 0) is 15.5 Å². The van der Waals surface area contributed by atoms with Crippen molar-refractivity contribution in [3.05, 3.63) is 0 Å². The second kappa shape index (κ2) is 7.72. The maximum absolute atomic E-state index is 11.4. The summed E-state index contributed by atoms with van der Waals surface area (Å²) >= 11 is 0. The second-order valence-corrected chi connectivity index (χ2v) is 7.61. The molecule has 0 amide bonds. The molecule has 5 heteroatoms. The molecule has 0 aromatic rings. The van der Waals surface area contributed by atoms with E-state index in [2.05, 4.69) is 17.1 Å². The van der Waals surface area contributed by atoms with Crippen LogP contribution in [-0.4, -0.2) is 66.6 Å². The van der Waals surface area contributed by atoms with Gasteiger partial charge in [-0.15, -0.1) is 0 Å². The molecule has 0 bridgehead atoms. The van der Waals surface area contributed by atoms with Crippen molar-refractivity contribution in [2.75, 3.05) is 57.4 Å². The van der Waals surface area contributed by atoms with Crippen LogP contribution in [0.4, 0.5) is 0 Å². The molecule has 0 aromatic heterocycles. The molecule has 0 atom stereocenters. The normalized spacial score (nSPS) is 25.5. The molecule has 0 aliphatic carbocycles. The molecule has 4 nitrogen and oxygen atoms in total. The van der Waals surface area contributed by atoms with Gasteiger partial charge in [0.1, 0.15) is 0 Å². The summed E-state index contributed by atoms with van der Waals surface area (Å²) in [7, 11) is -0.570. The standard InChI is InChI=1S/C14H28N2O2S/c1-2-5-15-12-14(3-8-18-9-4-14)13-16-6-10-19(17)11-7-16/h15H,2-13H2,1H3. The average Bonchev–Trinajstić information content (AvgIpc) is 2.43. The van der Waals surface area contributed by atoms with Gasteiger partial charge in [0.05, 0.1) is 0 Å². The minimum atomic E-state index is -0.570. The molecular formula is C14H28N2O2S. The zero-order valence-corrected chi connectivity index (χ0v) is 13.0. The van der Waals surface area contributed by atoms with Gasteiger partial charge in [0.15, 0.2) is 0 Å². The molecule has 2 heterocycles. The molecule has 2 aliphatic rings. The number of rotatable bonds is 6. The lowest BCUT2D eigenvalue weighted by molar-refractivity contribution is -0.00295. The van der Waals surface area contributed by atoms with E-state index in [-0.39, 0.29) is 0 Å². The molecule has 2 aliphatic heterocycles. The Morgan fingerprint density at radius 1 is 1.26 bits per heavy atom. The first kappa shape index (κ1) is 15.4. The van der Waals surface area contributed by atoms with Crippen LogP contribution in [0.25, 0.3) is 0 Å². The number of nitrogens with zero attached hydrogens (tertiary/aromatic N) is 1. The zero-order valence-electron chi connectivity index (χ0n) is 12.2. The van der Waals surface area contributed by atoms with Gasteiger partial charge in [-0.3, -0.25) is 4.21 Å². The van der Waals surface area contributed by atoms with E-state index >= 15 is 0 Å². The molecule has 0 spiro atoms. The van der Waals surface area contributed by atoms with E-state index in [9.17, 15) is 4.21 Å².